The molecular weight excluding hydrogens is 350 g/mol. The number of amides is 2. The highest BCUT2D eigenvalue weighted by molar-refractivity contribution is 5.96. The van der Waals surface area contributed by atoms with E-state index in [0.717, 1.165) is 25.3 Å². The third-order valence-electron chi connectivity index (χ3n) is 3.78. The maximum absolute atomic E-state index is 12.2. The molecular formula is C17H20F2N2O5. The number of nitrogens with zero attached hydrogens (tertiary/aromatic N) is 1. The van der Waals surface area contributed by atoms with Gasteiger partial charge in [0, 0.05) is 18.7 Å². The van der Waals surface area contributed by atoms with E-state index in [2.05, 4.69) is 10.1 Å². The number of carbonyl (C=O) groups excluding carboxylic acids is 3. The van der Waals surface area contributed by atoms with E-state index < -0.39 is 25.0 Å². The smallest absolute Gasteiger partial charge is 0.387 e. The first-order valence-electron chi connectivity index (χ1n) is 8.22. The Morgan fingerprint density at radius 1 is 1.15 bits per heavy atom. The number of ether oxygens (including phenoxy) is 2. The summed E-state index contributed by atoms with van der Waals surface area (Å²) < 4.78 is 33.4. The van der Waals surface area contributed by atoms with Crippen molar-refractivity contribution in [1.82, 2.24) is 10.2 Å². The lowest BCUT2D eigenvalue weighted by Crippen LogP contribution is -2.39. The maximum Gasteiger partial charge on any atom is 0.387 e. The summed E-state index contributed by atoms with van der Waals surface area (Å²) in [6.07, 6.45) is 2.95. The quantitative estimate of drug-likeness (QED) is 0.737. The van der Waals surface area contributed by atoms with Crippen LogP contribution in [0.15, 0.2) is 24.3 Å². The molecule has 0 spiro atoms. The number of nitrogens with one attached hydrogen (secondary N) is 1. The van der Waals surface area contributed by atoms with Crippen LogP contribution in [0.4, 0.5) is 8.78 Å². The Morgan fingerprint density at radius 3 is 2.58 bits per heavy atom. The van der Waals surface area contributed by atoms with Crippen molar-refractivity contribution >= 4 is 17.8 Å². The lowest BCUT2D eigenvalue weighted by atomic mass is 10.1. The number of halogens is 2. The van der Waals surface area contributed by atoms with Gasteiger partial charge in [-0.25, -0.2) is 0 Å². The molecule has 1 heterocycles. The standard InChI is InChI=1S/C17H20F2N2O5/c18-17(19)26-13-6-4-5-12(9-13)16(24)20-10-15(23)25-11-14(22)21-7-2-1-3-8-21/h4-6,9,17H,1-3,7-8,10-11H2,(H,20,24). The second kappa shape index (κ2) is 9.69. The summed E-state index contributed by atoms with van der Waals surface area (Å²) >= 11 is 0. The maximum atomic E-state index is 12.2. The van der Waals surface area contributed by atoms with Crippen LogP contribution in [0.5, 0.6) is 5.75 Å². The number of esters is 1. The zero-order valence-electron chi connectivity index (χ0n) is 14.1. The van der Waals surface area contributed by atoms with E-state index in [9.17, 15) is 23.2 Å². The van der Waals surface area contributed by atoms with Crippen molar-refractivity contribution in [3.63, 3.8) is 0 Å². The summed E-state index contributed by atoms with van der Waals surface area (Å²) in [5.74, 6) is -1.84. The molecule has 0 atom stereocenters. The summed E-state index contributed by atoms with van der Waals surface area (Å²) in [7, 11) is 0. The average molecular weight is 370 g/mol. The van der Waals surface area contributed by atoms with Crippen LogP contribution in [0.1, 0.15) is 29.6 Å². The first kappa shape index (κ1) is 19.6. The van der Waals surface area contributed by atoms with Crippen LogP contribution in [0.2, 0.25) is 0 Å². The van der Waals surface area contributed by atoms with Gasteiger partial charge in [0.05, 0.1) is 0 Å². The lowest BCUT2D eigenvalue weighted by Gasteiger charge is -2.26. The summed E-state index contributed by atoms with van der Waals surface area (Å²) in [6.45, 7) is -2.49. The Kier molecular flexibility index (Phi) is 7.31. The molecule has 1 fully saturated rings. The molecule has 1 aromatic carbocycles. The molecule has 1 saturated heterocycles. The van der Waals surface area contributed by atoms with Crippen LogP contribution in [0.25, 0.3) is 0 Å². The Hall–Kier alpha value is -2.71. The SMILES string of the molecule is O=C(CNC(=O)c1cccc(OC(F)F)c1)OCC(=O)N1CCCCC1. The molecule has 1 N–H and O–H groups in total. The van der Waals surface area contributed by atoms with Gasteiger partial charge in [0.2, 0.25) is 0 Å². The van der Waals surface area contributed by atoms with Crippen LogP contribution in [0, 0.1) is 0 Å². The average Bonchev–Trinajstić information content (AvgIpc) is 2.64. The lowest BCUT2D eigenvalue weighted by molar-refractivity contribution is -0.151. The van der Waals surface area contributed by atoms with Crippen LogP contribution in [-0.2, 0) is 14.3 Å². The molecule has 142 valence electrons. The van der Waals surface area contributed by atoms with Crippen molar-refractivity contribution in [1.29, 1.82) is 0 Å². The summed E-state index contributed by atoms with van der Waals surface area (Å²) in [4.78, 5) is 37.1. The number of carbonyl (C=O) groups is 3. The van der Waals surface area contributed by atoms with Crippen molar-refractivity contribution in [2.24, 2.45) is 0 Å². The number of likely N-dealkylation sites (tertiary alicyclic amines) is 1. The van der Waals surface area contributed by atoms with Gasteiger partial charge in [-0.2, -0.15) is 8.78 Å². The Morgan fingerprint density at radius 2 is 1.88 bits per heavy atom. The van der Waals surface area contributed by atoms with E-state index in [1.54, 1.807) is 4.90 Å². The highest BCUT2D eigenvalue weighted by atomic mass is 19.3. The number of hydrogen-bond donors (Lipinski definition) is 1. The zero-order chi connectivity index (χ0) is 18.9. The Balaban J connectivity index is 1.74. The third-order valence-corrected chi connectivity index (χ3v) is 3.78. The monoisotopic (exact) mass is 370 g/mol. The number of benzene rings is 1. The van der Waals surface area contributed by atoms with Crippen molar-refractivity contribution < 1.29 is 32.6 Å². The molecule has 26 heavy (non-hydrogen) atoms. The largest absolute Gasteiger partial charge is 0.454 e. The number of rotatable bonds is 7. The van der Waals surface area contributed by atoms with Gasteiger partial charge in [-0.15, -0.1) is 0 Å². The van der Waals surface area contributed by atoms with Crippen LogP contribution >= 0.6 is 0 Å². The number of hydrogen-bond acceptors (Lipinski definition) is 5. The topological polar surface area (TPSA) is 84.9 Å². The summed E-state index contributed by atoms with van der Waals surface area (Å²) in [5.41, 5.74) is 0.0559. The van der Waals surface area contributed by atoms with E-state index in [1.165, 1.54) is 18.2 Å². The van der Waals surface area contributed by atoms with Gasteiger partial charge >= 0.3 is 12.6 Å². The molecule has 1 aliphatic heterocycles. The third kappa shape index (κ3) is 6.30. The molecule has 1 aromatic rings. The minimum absolute atomic E-state index is 0.0559. The van der Waals surface area contributed by atoms with Gasteiger partial charge in [-0.1, -0.05) is 6.07 Å². The summed E-state index contributed by atoms with van der Waals surface area (Å²) in [6, 6.07) is 5.18. The van der Waals surface area contributed by atoms with Gasteiger partial charge < -0.3 is 19.7 Å². The van der Waals surface area contributed by atoms with Gasteiger partial charge in [-0.3, -0.25) is 14.4 Å². The fourth-order valence-corrected chi connectivity index (χ4v) is 2.50. The zero-order valence-corrected chi connectivity index (χ0v) is 14.1. The normalized spacial score (nSPS) is 14.0. The highest BCUT2D eigenvalue weighted by Gasteiger charge is 2.18. The van der Waals surface area contributed by atoms with Gasteiger partial charge in [-0.05, 0) is 37.5 Å². The summed E-state index contributed by atoms with van der Waals surface area (Å²) in [5, 5.41) is 2.30. The van der Waals surface area contributed by atoms with Gasteiger partial charge in [0.1, 0.15) is 12.3 Å². The van der Waals surface area contributed by atoms with Crippen molar-refractivity contribution in [3.05, 3.63) is 29.8 Å². The van der Waals surface area contributed by atoms with Crippen LogP contribution < -0.4 is 10.1 Å². The highest BCUT2D eigenvalue weighted by Crippen LogP contribution is 2.15. The fraction of sp³-hybridized carbons (Fsp3) is 0.471. The molecule has 0 radical (unpaired) electrons. The molecule has 9 heteroatoms. The molecule has 0 unspecified atom stereocenters. The second-order valence-electron chi connectivity index (χ2n) is 5.69. The van der Waals surface area contributed by atoms with E-state index in [1.807, 2.05) is 0 Å². The second-order valence-corrected chi connectivity index (χ2v) is 5.69. The molecule has 0 bridgehead atoms. The van der Waals surface area contributed by atoms with E-state index in [0.29, 0.717) is 13.1 Å². The fourth-order valence-electron chi connectivity index (χ4n) is 2.50. The first-order valence-corrected chi connectivity index (χ1v) is 8.22. The number of alkyl halides is 2. The predicted octanol–water partition coefficient (Wildman–Crippen LogP) is 1.57. The molecule has 0 saturated carbocycles. The molecule has 2 amide bonds. The van der Waals surface area contributed by atoms with Crippen molar-refractivity contribution in [3.8, 4) is 5.75 Å². The van der Waals surface area contributed by atoms with E-state index in [4.69, 9.17) is 4.74 Å². The minimum atomic E-state index is -3.00. The molecule has 7 nitrogen and oxygen atoms in total. The Bertz CT molecular complexity index is 648. The minimum Gasteiger partial charge on any atom is -0.454 e. The Labute approximate surface area is 149 Å². The molecule has 0 aromatic heterocycles. The van der Waals surface area contributed by atoms with E-state index in [-0.39, 0.29) is 23.8 Å². The molecule has 2 rings (SSSR count). The van der Waals surface area contributed by atoms with E-state index >= 15 is 0 Å². The predicted molar refractivity (Wildman–Crippen MR) is 86.8 cm³/mol. The van der Waals surface area contributed by atoms with Crippen LogP contribution in [-0.4, -0.2) is 55.5 Å². The van der Waals surface area contributed by atoms with Gasteiger partial charge in [0.15, 0.2) is 6.61 Å². The van der Waals surface area contributed by atoms with Gasteiger partial charge in [0.25, 0.3) is 11.8 Å². The molecule has 1 aliphatic rings. The van der Waals surface area contributed by atoms with Crippen molar-refractivity contribution in [2.45, 2.75) is 25.9 Å². The first-order chi connectivity index (χ1) is 12.5. The number of piperidine rings is 1. The molecule has 0 aliphatic carbocycles. The van der Waals surface area contributed by atoms with Crippen LogP contribution in [0.3, 0.4) is 0 Å². The van der Waals surface area contributed by atoms with Crippen molar-refractivity contribution in [2.75, 3.05) is 26.2 Å².